The zero-order valence-electron chi connectivity index (χ0n) is 13.9. The van der Waals surface area contributed by atoms with Crippen LogP contribution in [-0.2, 0) is 14.3 Å². The molecular formula is C16H27N3O4S. The number of amides is 1. The van der Waals surface area contributed by atoms with Crippen LogP contribution in [0.4, 0.5) is 0 Å². The Balaban J connectivity index is 1.45. The Morgan fingerprint density at radius 1 is 1.25 bits per heavy atom. The lowest BCUT2D eigenvalue weighted by molar-refractivity contribution is -0.137. The standard InChI is InChI=1S/C16H27N3O4S/c17-16-19-11-10-24-12(15(11)23-16)6-3-4-7-13(20)18-9-5-1-2-8-14(21)22/h11-12,15H,1-10H2,(H2,17,19)(H,18,20)(H,21,22)/t11-,12-,15-/m0/s1. The minimum absolute atomic E-state index is 0.0748. The maximum absolute atomic E-state index is 11.7. The first-order valence-corrected chi connectivity index (χ1v) is 9.73. The highest BCUT2D eigenvalue weighted by atomic mass is 32.2. The van der Waals surface area contributed by atoms with Gasteiger partial charge in [-0.3, -0.25) is 15.0 Å². The number of fused-ring (bicyclic) bond motifs is 1. The second-order valence-corrected chi connectivity index (χ2v) is 7.61. The van der Waals surface area contributed by atoms with E-state index in [-0.39, 0.29) is 30.5 Å². The second kappa shape index (κ2) is 9.76. The quantitative estimate of drug-likeness (QED) is 0.419. The summed E-state index contributed by atoms with van der Waals surface area (Å²) in [4.78, 5) is 22.1. The smallest absolute Gasteiger partial charge is 0.303 e. The van der Waals surface area contributed by atoms with Gasteiger partial charge in [-0.2, -0.15) is 11.8 Å². The fourth-order valence-corrected chi connectivity index (χ4v) is 4.57. The molecule has 0 aromatic rings. The molecule has 2 saturated heterocycles. The van der Waals surface area contributed by atoms with Crippen LogP contribution in [0, 0.1) is 5.41 Å². The number of thioether (sulfide) groups is 1. The Bertz CT molecular complexity index is 461. The summed E-state index contributed by atoms with van der Waals surface area (Å²) in [5.41, 5.74) is 0. The Labute approximate surface area is 146 Å². The maximum atomic E-state index is 11.7. The number of unbranched alkanes of at least 4 members (excludes halogenated alkanes) is 3. The predicted molar refractivity (Wildman–Crippen MR) is 93.4 cm³/mol. The molecule has 0 saturated carbocycles. The molecule has 1 amide bonds. The SMILES string of the molecule is N=C1N[C@H]2CS[C@@H](CCCCC(=O)NCCCCCC(=O)O)[C@H]2O1. The molecule has 0 aliphatic carbocycles. The van der Waals surface area contributed by atoms with Gasteiger partial charge in [-0.25, -0.2) is 0 Å². The van der Waals surface area contributed by atoms with Crippen molar-refractivity contribution in [3.05, 3.63) is 0 Å². The number of carbonyl (C=O) groups excluding carboxylic acids is 1. The van der Waals surface area contributed by atoms with Gasteiger partial charge in [-0.05, 0) is 25.7 Å². The van der Waals surface area contributed by atoms with Crippen molar-refractivity contribution in [2.45, 2.75) is 68.8 Å². The van der Waals surface area contributed by atoms with Crippen molar-refractivity contribution in [1.29, 1.82) is 5.41 Å². The number of hydrogen-bond acceptors (Lipinski definition) is 5. The van der Waals surface area contributed by atoms with Gasteiger partial charge in [0.1, 0.15) is 6.10 Å². The molecule has 3 atom stereocenters. The first kappa shape index (κ1) is 18.9. The van der Waals surface area contributed by atoms with Gasteiger partial charge in [-0.15, -0.1) is 0 Å². The number of carboxylic acids is 1. The lowest BCUT2D eigenvalue weighted by atomic mass is 10.0. The third-order valence-corrected chi connectivity index (χ3v) is 5.84. The van der Waals surface area contributed by atoms with Crippen molar-refractivity contribution in [3.8, 4) is 0 Å². The number of rotatable bonds is 11. The van der Waals surface area contributed by atoms with E-state index in [1.54, 1.807) is 0 Å². The maximum Gasteiger partial charge on any atom is 0.303 e. The molecule has 0 bridgehead atoms. The summed E-state index contributed by atoms with van der Waals surface area (Å²) in [6.07, 6.45) is 6.05. The third kappa shape index (κ3) is 6.22. The van der Waals surface area contributed by atoms with Crippen molar-refractivity contribution in [2.24, 2.45) is 0 Å². The van der Waals surface area contributed by atoms with Gasteiger partial charge < -0.3 is 20.5 Å². The summed E-state index contributed by atoms with van der Waals surface area (Å²) in [5, 5.41) is 22.4. The van der Waals surface area contributed by atoms with Gasteiger partial charge in [0.25, 0.3) is 6.02 Å². The van der Waals surface area contributed by atoms with Crippen molar-refractivity contribution < 1.29 is 19.4 Å². The van der Waals surface area contributed by atoms with E-state index in [0.717, 1.165) is 37.9 Å². The molecule has 0 radical (unpaired) electrons. The summed E-state index contributed by atoms with van der Waals surface area (Å²) < 4.78 is 5.51. The van der Waals surface area contributed by atoms with Crippen molar-refractivity contribution >= 4 is 29.7 Å². The van der Waals surface area contributed by atoms with E-state index in [1.807, 2.05) is 11.8 Å². The molecule has 136 valence electrons. The lowest BCUT2D eigenvalue weighted by Gasteiger charge is -2.15. The number of nitrogens with one attached hydrogen (secondary N) is 3. The van der Waals surface area contributed by atoms with Crippen LogP contribution in [-0.4, -0.2) is 52.7 Å². The van der Waals surface area contributed by atoms with Crippen LogP contribution in [0.15, 0.2) is 0 Å². The molecular weight excluding hydrogens is 330 g/mol. The van der Waals surface area contributed by atoms with E-state index in [1.165, 1.54) is 0 Å². The number of amidine groups is 1. The first-order valence-electron chi connectivity index (χ1n) is 8.68. The number of carboxylic acid groups (broad SMARTS) is 1. The van der Waals surface area contributed by atoms with Crippen LogP contribution < -0.4 is 10.6 Å². The zero-order valence-corrected chi connectivity index (χ0v) is 14.7. The number of ether oxygens (including phenoxy) is 1. The van der Waals surface area contributed by atoms with Crippen LogP contribution in [0.5, 0.6) is 0 Å². The summed E-state index contributed by atoms with van der Waals surface area (Å²) in [5.74, 6) is 0.298. The molecule has 2 rings (SSSR count). The molecule has 0 aromatic heterocycles. The summed E-state index contributed by atoms with van der Waals surface area (Å²) >= 11 is 1.89. The third-order valence-electron chi connectivity index (χ3n) is 4.36. The average molecular weight is 357 g/mol. The Morgan fingerprint density at radius 3 is 2.83 bits per heavy atom. The van der Waals surface area contributed by atoms with Crippen molar-refractivity contribution in [1.82, 2.24) is 10.6 Å². The summed E-state index contributed by atoms with van der Waals surface area (Å²) in [7, 11) is 0. The Morgan fingerprint density at radius 2 is 2.04 bits per heavy atom. The average Bonchev–Trinajstić information content (AvgIpc) is 3.06. The fourth-order valence-electron chi connectivity index (χ4n) is 3.07. The second-order valence-electron chi connectivity index (χ2n) is 6.33. The highest BCUT2D eigenvalue weighted by Crippen LogP contribution is 2.35. The van der Waals surface area contributed by atoms with Gasteiger partial charge in [0.2, 0.25) is 5.91 Å². The molecule has 2 heterocycles. The van der Waals surface area contributed by atoms with Crippen LogP contribution in [0.2, 0.25) is 0 Å². The molecule has 0 spiro atoms. The molecule has 0 unspecified atom stereocenters. The predicted octanol–water partition coefficient (Wildman–Crippen LogP) is 1.72. The molecule has 4 N–H and O–H groups in total. The lowest BCUT2D eigenvalue weighted by Crippen LogP contribution is -2.32. The van der Waals surface area contributed by atoms with E-state index in [4.69, 9.17) is 15.3 Å². The van der Waals surface area contributed by atoms with Crippen LogP contribution in [0.3, 0.4) is 0 Å². The van der Waals surface area contributed by atoms with Crippen LogP contribution >= 0.6 is 11.8 Å². The van der Waals surface area contributed by atoms with Gasteiger partial charge in [0.15, 0.2) is 0 Å². The highest BCUT2D eigenvalue weighted by molar-refractivity contribution is 8.00. The molecule has 2 fully saturated rings. The van der Waals surface area contributed by atoms with Gasteiger partial charge >= 0.3 is 5.97 Å². The Hall–Kier alpha value is -1.44. The minimum atomic E-state index is -0.763. The first-order chi connectivity index (χ1) is 11.6. The normalized spacial score (nSPS) is 25.0. The van der Waals surface area contributed by atoms with Crippen LogP contribution in [0.25, 0.3) is 0 Å². The molecule has 8 heteroatoms. The number of hydrogen-bond donors (Lipinski definition) is 4. The van der Waals surface area contributed by atoms with Crippen LogP contribution in [0.1, 0.15) is 51.4 Å². The van der Waals surface area contributed by atoms with E-state index in [2.05, 4.69) is 10.6 Å². The van der Waals surface area contributed by atoms with E-state index in [0.29, 0.717) is 24.6 Å². The Kier molecular flexibility index (Phi) is 7.68. The fraction of sp³-hybridized carbons (Fsp3) is 0.812. The van der Waals surface area contributed by atoms with Crippen molar-refractivity contribution in [2.75, 3.05) is 12.3 Å². The monoisotopic (exact) mass is 357 g/mol. The zero-order chi connectivity index (χ0) is 17.4. The van der Waals surface area contributed by atoms with Gasteiger partial charge in [-0.1, -0.05) is 12.8 Å². The molecule has 7 nitrogen and oxygen atoms in total. The van der Waals surface area contributed by atoms with Crippen molar-refractivity contribution in [3.63, 3.8) is 0 Å². The minimum Gasteiger partial charge on any atom is -0.481 e. The number of carbonyl (C=O) groups is 2. The van der Waals surface area contributed by atoms with E-state index in [9.17, 15) is 9.59 Å². The topological polar surface area (TPSA) is 112 Å². The molecule has 2 aliphatic rings. The highest BCUT2D eigenvalue weighted by Gasteiger charge is 2.43. The molecule has 24 heavy (non-hydrogen) atoms. The summed E-state index contributed by atoms with van der Waals surface area (Å²) in [6, 6.07) is 0.468. The largest absolute Gasteiger partial charge is 0.481 e. The number of aliphatic carboxylic acids is 1. The van der Waals surface area contributed by atoms with Gasteiger partial charge in [0, 0.05) is 30.4 Å². The van der Waals surface area contributed by atoms with E-state index < -0.39 is 5.97 Å². The molecule has 0 aromatic carbocycles. The molecule has 2 aliphatic heterocycles. The van der Waals surface area contributed by atoms with E-state index >= 15 is 0 Å². The summed E-state index contributed by atoms with van der Waals surface area (Å²) in [6.45, 7) is 0.627. The van der Waals surface area contributed by atoms with Gasteiger partial charge in [0.05, 0.1) is 6.04 Å².